The van der Waals surface area contributed by atoms with E-state index < -0.39 is 0 Å². The fourth-order valence-electron chi connectivity index (χ4n) is 2.46. The van der Waals surface area contributed by atoms with Crippen LogP contribution in [0.3, 0.4) is 0 Å². The van der Waals surface area contributed by atoms with Gasteiger partial charge in [-0.1, -0.05) is 0 Å². The molecule has 0 unspecified atom stereocenters. The summed E-state index contributed by atoms with van der Waals surface area (Å²) in [6, 6.07) is 5.49. The summed E-state index contributed by atoms with van der Waals surface area (Å²) >= 11 is 1.37. The normalized spacial score (nSPS) is 10.8. The van der Waals surface area contributed by atoms with Gasteiger partial charge in [0.25, 0.3) is 0 Å². The maximum atomic E-state index is 11.1. The Morgan fingerprint density at radius 3 is 2.78 bits per heavy atom. The molecule has 0 fully saturated rings. The molecule has 3 rings (SSSR count). The molecule has 9 nitrogen and oxygen atoms in total. The van der Waals surface area contributed by atoms with Crippen LogP contribution in [0, 0.1) is 0 Å². The van der Waals surface area contributed by atoms with Gasteiger partial charge < -0.3 is 19.9 Å². The number of fused-ring (bicyclic) bond motifs is 1. The molecule has 1 aromatic carbocycles. The molecular formula is C17H19N5O4S. The highest BCUT2D eigenvalue weighted by atomic mass is 32.2. The van der Waals surface area contributed by atoms with Crippen molar-refractivity contribution in [3.05, 3.63) is 24.5 Å². The monoisotopic (exact) mass is 389 g/mol. The molecule has 0 saturated heterocycles. The molecule has 0 saturated carbocycles. The predicted octanol–water partition coefficient (Wildman–Crippen LogP) is 2.14. The molecule has 0 radical (unpaired) electrons. The lowest BCUT2D eigenvalue weighted by Crippen LogP contribution is -2.10. The van der Waals surface area contributed by atoms with E-state index in [1.807, 2.05) is 22.8 Å². The first-order valence-corrected chi connectivity index (χ1v) is 8.85. The first-order valence-electron chi connectivity index (χ1n) is 8.03. The zero-order valence-corrected chi connectivity index (χ0v) is 15.9. The molecule has 2 aromatic heterocycles. The zero-order valence-electron chi connectivity index (χ0n) is 15.1. The maximum absolute atomic E-state index is 11.1. The number of anilines is 1. The second-order valence-corrected chi connectivity index (χ2v) is 6.45. The van der Waals surface area contributed by atoms with Crippen LogP contribution in [0.15, 0.2) is 34.6 Å². The van der Waals surface area contributed by atoms with Crippen LogP contribution in [0.25, 0.3) is 11.2 Å². The van der Waals surface area contributed by atoms with Crippen molar-refractivity contribution in [2.45, 2.75) is 23.5 Å². The Morgan fingerprint density at radius 2 is 2.07 bits per heavy atom. The average molecular weight is 389 g/mol. The lowest BCUT2D eigenvalue weighted by atomic mass is 10.3. The Morgan fingerprint density at radius 1 is 1.26 bits per heavy atom. The quantitative estimate of drug-likeness (QED) is 0.607. The number of methoxy groups -OCH3 is 2. The molecule has 0 aliphatic rings. The molecule has 0 aliphatic heterocycles. The van der Waals surface area contributed by atoms with Crippen molar-refractivity contribution in [3.8, 4) is 11.5 Å². The summed E-state index contributed by atoms with van der Waals surface area (Å²) in [5, 5.41) is 0.621. The smallest absolute Gasteiger partial charge is 0.302 e. The van der Waals surface area contributed by atoms with E-state index in [9.17, 15) is 4.79 Å². The van der Waals surface area contributed by atoms with Crippen molar-refractivity contribution in [3.63, 3.8) is 0 Å². The largest absolute Gasteiger partial charge is 0.497 e. The number of ether oxygens (including phenoxy) is 3. The first kappa shape index (κ1) is 18.8. The summed E-state index contributed by atoms with van der Waals surface area (Å²) in [6.45, 7) is 1.93. The molecule has 10 heteroatoms. The minimum atomic E-state index is -0.350. The molecule has 142 valence electrons. The summed E-state index contributed by atoms with van der Waals surface area (Å²) in [4.78, 5) is 24.7. The number of imidazole rings is 1. The number of hydrogen-bond donors (Lipinski definition) is 1. The highest BCUT2D eigenvalue weighted by Crippen LogP contribution is 2.38. The van der Waals surface area contributed by atoms with E-state index in [1.165, 1.54) is 25.0 Å². The Labute approximate surface area is 159 Å². The predicted molar refractivity (Wildman–Crippen MR) is 100 cm³/mol. The number of carbonyl (C=O) groups excluding carboxylic acids is 1. The third-order valence-corrected chi connectivity index (χ3v) is 4.75. The van der Waals surface area contributed by atoms with Crippen LogP contribution in [0.2, 0.25) is 0 Å². The van der Waals surface area contributed by atoms with Gasteiger partial charge in [-0.15, -0.1) is 0 Å². The van der Waals surface area contributed by atoms with Gasteiger partial charge in [0.1, 0.15) is 24.4 Å². The van der Waals surface area contributed by atoms with E-state index in [2.05, 4.69) is 15.0 Å². The SMILES string of the molecule is COc1ccc(OC)c(Sc2nc3c(N)ncnc3n2CCOC(C)=O)c1. The summed E-state index contributed by atoms with van der Waals surface area (Å²) < 4.78 is 17.6. The van der Waals surface area contributed by atoms with Crippen molar-refractivity contribution in [1.29, 1.82) is 0 Å². The van der Waals surface area contributed by atoms with Crippen molar-refractivity contribution in [1.82, 2.24) is 19.5 Å². The van der Waals surface area contributed by atoms with Crippen LogP contribution in [0.5, 0.6) is 11.5 Å². The van der Waals surface area contributed by atoms with Crippen LogP contribution in [0.1, 0.15) is 6.92 Å². The molecule has 0 spiro atoms. The van der Waals surface area contributed by atoms with Gasteiger partial charge in [0.15, 0.2) is 22.1 Å². The van der Waals surface area contributed by atoms with Gasteiger partial charge in [-0.3, -0.25) is 9.36 Å². The van der Waals surface area contributed by atoms with E-state index in [1.54, 1.807) is 14.2 Å². The van der Waals surface area contributed by atoms with Crippen LogP contribution >= 0.6 is 11.8 Å². The van der Waals surface area contributed by atoms with E-state index in [-0.39, 0.29) is 18.4 Å². The zero-order chi connectivity index (χ0) is 19.4. The molecular weight excluding hydrogens is 370 g/mol. The number of carbonyl (C=O) groups is 1. The third-order valence-electron chi connectivity index (χ3n) is 3.72. The van der Waals surface area contributed by atoms with Crippen molar-refractivity contribution in [2.75, 3.05) is 26.6 Å². The van der Waals surface area contributed by atoms with Crippen molar-refractivity contribution < 1.29 is 19.0 Å². The van der Waals surface area contributed by atoms with Crippen LogP contribution in [-0.2, 0) is 16.1 Å². The van der Waals surface area contributed by atoms with Crippen molar-refractivity contribution in [2.24, 2.45) is 0 Å². The minimum Gasteiger partial charge on any atom is -0.497 e. The highest BCUT2D eigenvalue weighted by Gasteiger charge is 2.18. The van der Waals surface area contributed by atoms with Crippen LogP contribution < -0.4 is 15.2 Å². The lowest BCUT2D eigenvalue weighted by molar-refractivity contribution is -0.141. The topological polar surface area (TPSA) is 114 Å². The number of benzene rings is 1. The molecule has 0 atom stereocenters. The fourth-order valence-corrected chi connectivity index (χ4v) is 3.50. The Hall–Kier alpha value is -3.01. The van der Waals surface area contributed by atoms with Gasteiger partial charge in [-0.05, 0) is 30.0 Å². The van der Waals surface area contributed by atoms with Gasteiger partial charge in [0.2, 0.25) is 0 Å². The second kappa shape index (κ2) is 8.12. The number of nitrogens with zero attached hydrogens (tertiary/aromatic N) is 4. The summed E-state index contributed by atoms with van der Waals surface area (Å²) in [6.07, 6.45) is 1.38. The molecule has 27 heavy (non-hydrogen) atoms. The number of esters is 1. The molecule has 3 aromatic rings. The first-order chi connectivity index (χ1) is 13.0. The van der Waals surface area contributed by atoms with Crippen molar-refractivity contribution >= 4 is 34.7 Å². The second-order valence-electron chi connectivity index (χ2n) is 5.44. The lowest BCUT2D eigenvalue weighted by Gasteiger charge is -2.11. The van der Waals surface area contributed by atoms with E-state index >= 15 is 0 Å². The molecule has 0 aliphatic carbocycles. The summed E-state index contributed by atoms with van der Waals surface area (Å²) in [5.74, 6) is 1.31. The average Bonchev–Trinajstić information content (AvgIpc) is 3.00. The Bertz CT molecular complexity index is 975. The van der Waals surface area contributed by atoms with E-state index in [4.69, 9.17) is 19.9 Å². The molecule has 0 amide bonds. The standard InChI is InChI=1S/C17H19N5O4S/c1-10(23)26-7-6-22-16-14(15(18)19-9-20-16)21-17(22)27-13-8-11(24-2)4-5-12(13)25-3/h4-5,8-9H,6-7H2,1-3H3,(H2,18,19,20). The Kier molecular flexibility index (Phi) is 5.65. The summed E-state index contributed by atoms with van der Waals surface area (Å²) in [5.41, 5.74) is 7.00. The number of rotatable bonds is 7. The van der Waals surface area contributed by atoms with Gasteiger partial charge in [-0.2, -0.15) is 0 Å². The minimum absolute atomic E-state index is 0.188. The van der Waals surface area contributed by atoms with E-state index in [0.29, 0.717) is 34.4 Å². The maximum Gasteiger partial charge on any atom is 0.302 e. The molecule has 0 bridgehead atoms. The highest BCUT2D eigenvalue weighted by molar-refractivity contribution is 7.99. The number of aromatic nitrogens is 4. The number of hydrogen-bond acceptors (Lipinski definition) is 9. The molecule has 2 N–H and O–H groups in total. The number of nitrogens with two attached hydrogens (primary N) is 1. The van der Waals surface area contributed by atoms with Gasteiger partial charge in [0, 0.05) is 6.92 Å². The third kappa shape index (κ3) is 4.05. The van der Waals surface area contributed by atoms with E-state index in [0.717, 1.165) is 4.90 Å². The summed E-state index contributed by atoms with van der Waals surface area (Å²) in [7, 11) is 3.19. The van der Waals surface area contributed by atoms with Gasteiger partial charge in [-0.25, -0.2) is 15.0 Å². The fraction of sp³-hybridized carbons (Fsp3) is 0.294. The van der Waals surface area contributed by atoms with Crippen LogP contribution in [-0.4, -0.2) is 46.3 Å². The van der Waals surface area contributed by atoms with Gasteiger partial charge in [0.05, 0.1) is 25.7 Å². The van der Waals surface area contributed by atoms with Crippen LogP contribution in [0.4, 0.5) is 5.82 Å². The number of nitrogen functional groups attached to an aromatic ring is 1. The molecule has 2 heterocycles. The Balaban J connectivity index is 2.02. The van der Waals surface area contributed by atoms with Gasteiger partial charge >= 0.3 is 5.97 Å².